The number of benzene rings is 3. The second kappa shape index (κ2) is 14.1. The molecule has 12 heteroatoms. The van der Waals surface area contributed by atoms with Crippen LogP contribution in [0.25, 0.3) is 10.9 Å². The topological polar surface area (TPSA) is 85.5 Å². The zero-order valence-corrected chi connectivity index (χ0v) is 25.7. The molecule has 2 atom stereocenters. The lowest BCUT2D eigenvalue weighted by Crippen LogP contribution is -2.34. The van der Waals surface area contributed by atoms with Crippen LogP contribution < -0.4 is 15.5 Å². The third kappa shape index (κ3) is 7.45. The highest BCUT2D eigenvalue weighted by atomic mass is 19.2. The number of carbonyl (C=O) groups is 1. The summed E-state index contributed by atoms with van der Waals surface area (Å²) in [5.74, 6) is -1.29. The van der Waals surface area contributed by atoms with E-state index in [0.717, 1.165) is 30.2 Å². The molecule has 0 aliphatic carbocycles. The standard InChI is InChI=1S/C34H38F4N6O2/c1-2-44(10-9-43-19-29(37)30(38)20-43)26-4-5-27(32(18-26)39-25-7-11-46-12-8-25)34(45)40-33-28-16-21(3-6-31(28)41-42-33)13-22-14-23(35)17-24(36)15-22/h3-6,14-18,25,29-30,39H,2,7-13,19-20H2,1H3,(H2,40,41,42,45). The third-order valence-corrected chi connectivity index (χ3v) is 8.71. The van der Waals surface area contributed by atoms with Gasteiger partial charge in [-0.05, 0) is 79.8 Å². The SMILES string of the molecule is CCN(CCN1CC(F)C(F)C1)c1ccc(C(=O)Nc2n[nH]c3ccc(Cc4cc(F)cc(F)c4)cc23)c(NC2CCOCC2)c1. The van der Waals surface area contributed by atoms with Crippen LogP contribution in [0.2, 0.25) is 0 Å². The van der Waals surface area contributed by atoms with Crippen molar-refractivity contribution >= 4 is 34.0 Å². The van der Waals surface area contributed by atoms with E-state index in [9.17, 15) is 22.4 Å². The van der Waals surface area contributed by atoms with Crippen LogP contribution in [0.4, 0.5) is 34.8 Å². The van der Waals surface area contributed by atoms with Gasteiger partial charge in [0.1, 0.15) is 24.0 Å². The molecule has 6 rings (SSSR count). The molecule has 2 aliphatic rings. The monoisotopic (exact) mass is 638 g/mol. The molecule has 0 radical (unpaired) electrons. The smallest absolute Gasteiger partial charge is 0.258 e. The zero-order valence-electron chi connectivity index (χ0n) is 25.7. The molecule has 2 fully saturated rings. The Morgan fingerprint density at radius 2 is 1.74 bits per heavy atom. The molecule has 1 aromatic heterocycles. The molecule has 46 heavy (non-hydrogen) atoms. The number of fused-ring (bicyclic) bond motifs is 1. The van der Waals surface area contributed by atoms with Crippen molar-refractivity contribution < 1.29 is 27.1 Å². The number of aromatic amines is 1. The van der Waals surface area contributed by atoms with Crippen molar-refractivity contribution in [1.29, 1.82) is 0 Å². The molecule has 8 nitrogen and oxygen atoms in total. The number of likely N-dealkylation sites (tertiary alicyclic amines) is 1. The molecule has 1 amide bonds. The minimum absolute atomic E-state index is 0.0983. The Labute approximate surface area is 265 Å². The number of nitrogens with one attached hydrogen (secondary N) is 3. The average molecular weight is 639 g/mol. The van der Waals surface area contributed by atoms with Gasteiger partial charge in [0.25, 0.3) is 5.91 Å². The van der Waals surface area contributed by atoms with E-state index >= 15 is 0 Å². The second-order valence-electron chi connectivity index (χ2n) is 12.0. The van der Waals surface area contributed by atoms with Crippen LogP contribution in [0, 0.1) is 11.6 Å². The van der Waals surface area contributed by atoms with Crippen molar-refractivity contribution in [2.45, 2.75) is 44.6 Å². The van der Waals surface area contributed by atoms with E-state index in [1.165, 1.54) is 12.1 Å². The van der Waals surface area contributed by atoms with E-state index in [1.54, 1.807) is 11.0 Å². The minimum Gasteiger partial charge on any atom is -0.381 e. The Morgan fingerprint density at radius 3 is 2.46 bits per heavy atom. The largest absolute Gasteiger partial charge is 0.381 e. The van der Waals surface area contributed by atoms with E-state index in [4.69, 9.17) is 4.74 Å². The third-order valence-electron chi connectivity index (χ3n) is 8.71. The highest BCUT2D eigenvalue weighted by molar-refractivity contribution is 6.11. The van der Waals surface area contributed by atoms with Gasteiger partial charge in [-0.1, -0.05) is 6.07 Å². The van der Waals surface area contributed by atoms with Gasteiger partial charge in [0.15, 0.2) is 5.82 Å². The van der Waals surface area contributed by atoms with Crippen LogP contribution in [-0.4, -0.2) is 85.3 Å². The summed E-state index contributed by atoms with van der Waals surface area (Å²) >= 11 is 0. The van der Waals surface area contributed by atoms with Gasteiger partial charge in [-0.3, -0.25) is 14.8 Å². The van der Waals surface area contributed by atoms with Gasteiger partial charge >= 0.3 is 0 Å². The van der Waals surface area contributed by atoms with Gasteiger partial charge in [0.05, 0.1) is 11.1 Å². The van der Waals surface area contributed by atoms with Crippen LogP contribution in [0.15, 0.2) is 54.6 Å². The second-order valence-corrected chi connectivity index (χ2v) is 12.0. The quantitative estimate of drug-likeness (QED) is 0.173. The van der Waals surface area contributed by atoms with Crippen LogP contribution in [0.5, 0.6) is 0 Å². The number of H-pyrrole nitrogens is 1. The maximum atomic E-state index is 13.8. The van der Waals surface area contributed by atoms with Gasteiger partial charge in [0, 0.05) is 74.8 Å². The first kappa shape index (κ1) is 31.8. The van der Waals surface area contributed by atoms with E-state index in [1.807, 2.05) is 37.3 Å². The molecule has 2 aliphatic heterocycles. The van der Waals surface area contributed by atoms with Crippen LogP contribution >= 0.6 is 0 Å². The summed E-state index contributed by atoms with van der Waals surface area (Å²) in [5, 5.41) is 14.4. The summed E-state index contributed by atoms with van der Waals surface area (Å²) in [5.41, 5.74) is 4.00. The molecule has 3 N–H and O–H groups in total. The van der Waals surface area contributed by atoms with Crippen molar-refractivity contribution in [3.8, 4) is 0 Å². The first-order chi connectivity index (χ1) is 22.2. The number of likely N-dealkylation sites (N-methyl/N-ethyl adjacent to an activating group) is 1. The molecule has 3 aromatic carbocycles. The van der Waals surface area contributed by atoms with Gasteiger partial charge in [-0.25, -0.2) is 17.6 Å². The van der Waals surface area contributed by atoms with Gasteiger partial charge in [0.2, 0.25) is 0 Å². The van der Waals surface area contributed by atoms with E-state index in [2.05, 4.69) is 25.7 Å². The number of rotatable bonds is 11. The Bertz CT molecular complexity index is 1650. The number of alkyl halides is 2. The Balaban J connectivity index is 1.22. The number of nitrogens with zero attached hydrogens (tertiary/aromatic N) is 3. The van der Waals surface area contributed by atoms with Crippen molar-refractivity contribution in [2.75, 3.05) is 61.5 Å². The highest BCUT2D eigenvalue weighted by Gasteiger charge is 2.32. The number of anilines is 3. The van der Waals surface area contributed by atoms with Crippen molar-refractivity contribution in [1.82, 2.24) is 15.1 Å². The summed E-state index contributed by atoms with van der Waals surface area (Å²) in [6.45, 7) is 5.27. The molecule has 4 aromatic rings. The van der Waals surface area contributed by atoms with Crippen molar-refractivity contribution in [3.63, 3.8) is 0 Å². The van der Waals surface area contributed by atoms with Crippen molar-refractivity contribution in [2.24, 2.45) is 0 Å². The summed E-state index contributed by atoms with van der Waals surface area (Å²) in [6.07, 6.45) is -0.986. The molecule has 0 saturated carbocycles. The summed E-state index contributed by atoms with van der Waals surface area (Å²) in [4.78, 5) is 17.7. The predicted molar refractivity (Wildman–Crippen MR) is 171 cm³/mol. The zero-order chi connectivity index (χ0) is 32.2. The number of hydrogen-bond acceptors (Lipinski definition) is 6. The minimum atomic E-state index is -1.45. The molecule has 0 bridgehead atoms. The maximum absolute atomic E-state index is 13.8. The summed E-state index contributed by atoms with van der Waals surface area (Å²) in [6, 6.07) is 14.7. The summed E-state index contributed by atoms with van der Waals surface area (Å²) in [7, 11) is 0. The fraction of sp³-hybridized carbons (Fsp3) is 0.412. The van der Waals surface area contributed by atoms with Gasteiger partial charge in [-0.2, -0.15) is 5.10 Å². The van der Waals surface area contributed by atoms with Crippen molar-refractivity contribution in [3.05, 3.63) is 82.9 Å². The highest BCUT2D eigenvalue weighted by Crippen LogP contribution is 2.29. The van der Waals surface area contributed by atoms with E-state index in [-0.39, 0.29) is 25.0 Å². The lowest BCUT2D eigenvalue weighted by Gasteiger charge is -2.29. The Kier molecular flexibility index (Phi) is 9.74. The lowest BCUT2D eigenvalue weighted by atomic mass is 10.0. The van der Waals surface area contributed by atoms with E-state index in [0.29, 0.717) is 72.8 Å². The lowest BCUT2D eigenvalue weighted by molar-refractivity contribution is 0.0904. The maximum Gasteiger partial charge on any atom is 0.258 e. The van der Waals surface area contributed by atoms with Gasteiger partial charge in [-0.15, -0.1) is 0 Å². The Hall–Kier alpha value is -4.16. The number of carbonyl (C=O) groups excluding carboxylic acids is 1. The number of halogens is 4. The average Bonchev–Trinajstić information content (AvgIpc) is 3.58. The van der Waals surface area contributed by atoms with E-state index < -0.39 is 24.0 Å². The normalized spacial score (nSPS) is 19.1. The molecular formula is C34H38F4N6O2. The molecule has 2 saturated heterocycles. The first-order valence-electron chi connectivity index (χ1n) is 15.7. The summed E-state index contributed by atoms with van der Waals surface area (Å²) < 4.78 is 60.5. The molecular weight excluding hydrogens is 600 g/mol. The molecule has 3 heterocycles. The Morgan fingerprint density at radius 1 is 1.00 bits per heavy atom. The molecule has 2 unspecified atom stereocenters. The van der Waals surface area contributed by atoms with Crippen LogP contribution in [0.1, 0.15) is 41.3 Å². The number of ether oxygens (including phenoxy) is 1. The van der Waals surface area contributed by atoms with Crippen LogP contribution in [-0.2, 0) is 11.2 Å². The molecule has 244 valence electrons. The van der Waals surface area contributed by atoms with Gasteiger partial charge < -0.3 is 20.3 Å². The fourth-order valence-electron chi connectivity index (χ4n) is 6.21. The first-order valence-corrected chi connectivity index (χ1v) is 15.7. The van der Waals surface area contributed by atoms with Crippen LogP contribution in [0.3, 0.4) is 0 Å². The number of amides is 1. The molecule has 0 spiro atoms. The number of aromatic nitrogens is 2. The predicted octanol–water partition coefficient (Wildman–Crippen LogP) is 6.09. The number of hydrogen-bond donors (Lipinski definition) is 3. The fourth-order valence-corrected chi connectivity index (χ4v) is 6.21.